The maximum Gasteiger partial charge on any atom is 0.238 e. The molecule has 1 rings (SSSR count). The van der Waals surface area contributed by atoms with Gasteiger partial charge in [-0.2, -0.15) is 5.26 Å². The van der Waals surface area contributed by atoms with Crippen molar-refractivity contribution in [2.75, 3.05) is 5.32 Å². The van der Waals surface area contributed by atoms with Crippen LogP contribution in [0, 0.1) is 23.0 Å². The van der Waals surface area contributed by atoms with E-state index >= 15 is 0 Å². The zero-order chi connectivity index (χ0) is 12.3. The van der Waals surface area contributed by atoms with E-state index < -0.39 is 24.0 Å². The van der Waals surface area contributed by atoms with Gasteiger partial charge < -0.3 is 5.32 Å². The lowest BCUT2D eigenvalue weighted by molar-refractivity contribution is -0.115. The molecule has 0 saturated heterocycles. The highest BCUT2D eigenvalue weighted by Gasteiger charge is 2.17. The number of amides is 1. The monoisotopic (exact) mass is 308 g/mol. The summed E-state index contributed by atoms with van der Waals surface area (Å²) < 4.78 is 25.7. The molecule has 0 aromatic heterocycles. The Balaban J connectivity index is 3.11. The van der Waals surface area contributed by atoms with Crippen LogP contribution in [0.1, 0.15) is 6.42 Å². The zero-order valence-electron chi connectivity index (χ0n) is 7.65. The predicted octanol–water partition coefficient (Wildman–Crippen LogP) is 3.23. The maximum absolute atomic E-state index is 13.1. The molecular formula is C9H4BrClF2N2O. The van der Waals surface area contributed by atoms with E-state index in [2.05, 4.69) is 21.2 Å². The van der Waals surface area contributed by atoms with Crippen LogP contribution in [0.25, 0.3) is 0 Å². The number of nitrogens with one attached hydrogen (secondary N) is 1. The summed E-state index contributed by atoms with van der Waals surface area (Å²) in [5, 5.41) is 10.3. The van der Waals surface area contributed by atoms with E-state index in [9.17, 15) is 13.6 Å². The fourth-order valence-corrected chi connectivity index (χ4v) is 1.79. The highest BCUT2D eigenvalue weighted by Crippen LogP contribution is 2.34. The Kier molecular flexibility index (Phi) is 4.21. The largest absolute Gasteiger partial charge is 0.323 e. The van der Waals surface area contributed by atoms with Crippen molar-refractivity contribution in [2.45, 2.75) is 6.42 Å². The second-order valence-corrected chi connectivity index (χ2v) is 3.93. The molecule has 3 nitrogen and oxygen atoms in total. The summed E-state index contributed by atoms with van der Waals surface area (Å²) in [6, 6.07) is 2.35. The Morgan fingerprint density at radius 2 is 2.25 bits per heavy atom. The number of carbonyl (C=O) groups is 1. The summed E-state index contributed by atoms with van der Waals surface area (Å²) in [6.07, 6.45) is -0.401. The van der Waals surface area contributed by atoms with E-state index in [-0.39, 0.29) is 15.2 Å². The summed E-state index contributed by atoms with van der Waals surface area (Å²) in [7, 11) is 0. The molecule has 0 atom stereocenters. The number of halogens is 4. The summed E-state index contributed by atoms with van der Waals surface area (Å²) in [4.78, 5) is 11.1. The number of nitrogens with zero attached hydrogens (tertiary/aromatic N) is 1. The maximum atomic E-state index is 13.1. The number of benzene rings is 1. The predicted molar refractivity (Wildman–Crippen MR) is 57.9 cm³/mol. The molecular weight excluding hydrogens is 305 g/mol. The normalized spacial score (nSPS) is 9.69. The van der Waals surface area contributed by atoms with Crippen LogP contribution in [-0.2, 0) is 4.79 Å². The Morgan fingerprint density at radius 1 is 1.62 bits per heavy atom. The molecule has 0 saturated carbocycles. The van der Waals surface area contributed by atoms with E-state index in [1.54, 1.807) is 6.07 Å². The van der Waals surface area contributed by atoms with Crippen LogP contribution in [0.3, 0.4) is 0 Å². The summed E-state index contributed by atoms with van der Waals surface area (Å²) in [6.45, 7) is 0. The zero-order valence-corrected chi connectivity index (χ0v) is 9.99. The van der Waals surface area contributed by atoms with Crippen LogP contribution in [0.2, 0.25) is 5.02 Å². The average molecular weight is 309 g/mol. The standard InChI is InChI=1S/C9H4BrClF2N2O/c10-7-8(13)5(12)3-4(11)9(7)15-6(16)1-2-14/h3H,1H2,(H,15,16). The number of anilines is 1. The number of nitriles is 1. The van der Waals surface area contributed by atoms with E-state index in [4.69, 9.17) is 16.9 Å². The minimum absolute atomic E-state index is 0.0965. The van der Waals surface area contributed by atoms with Gasteiger partial charge in [0.2, 0.25) is 5.91 Å². The van der Waals surface area contributed by atoms with Gasteiger partial charge >= 0.3 is 0 Å². The Bertz CT molecular complexity index is 487. The minimum atomic E-state index is -1.16. The Labute approximate surface area is 103 Å². The smallest absolute Gasteiger partial charge is 0.238 e. The third kappa shape index (κ3) is 2.68. The summed E-state index contributed by atoms with van der Waals surface area (Å²) in [5.74, 6) is -2.94. The molecule has 1 aromatic carbocycles. The van der Waals surface area contributed by atoms with E-state index in [0.29, 0.717) is 0 Å². The van der Waals surface area contributed by atoms with E-state index in [1.165, 1.54) is 0 Å². The Hall–Kier alpha value is -1.19. The van der Waals surface area contributed by atoms with Crippen molar-refractivity contribution >= 4 is 39.1 Å². The van der Waals surface area contributed by atoms with Gasteiger partial charge in [-0.25, -0.2) is 8.78 Å². The molecule has 0 aliphatic rings. The molecule has 0 fully saturated rings. The number of hydrogen-bond donors (Lipinski definition) is 1. The number of rotatable bonds is 2. The highest BCUT2D eigenvalue weighted by atomic mass is 79.9. The van der Waals surface area contributed by atoms with Crippen LogP contribution < -0.4 is 5.32 Å². The third-order valence-electron chi connectivity index (χ3n) is 1.62. The Morgan fingerprint density at radius 3 is 2.81 bits per heavy atom. The number of carbonyl (C=O) groups excluding carboxylic acids is 1. The topological polar surface area (TPSA) is 52.9 Å². The van der Waals surface area contributed by atoms with Gasteiger partial charge in [-0.15, -0.1) is 0 Å². The van der Waals surface area contributed by atoms with Crippen LogP contribution in [0.15, 0.2) is 10.5 Å². The molecule has 0 aliphatic heterocycles. The van der Waals surface area contributed by atoms with Gasteiger partial charge in [0.15, 0.2) is 11.6 Å². The lowest BCUT2D eigenvalue weighted by Crippen LogP contribution is -2.12. The molecule has 0 radical (unpaired) electrons. The SMILES string of the molecule is N#CCC(=O)Nc1c(Cl)cc(F)c(F)c1Br. The molecule has 0 heterocycles. The first-order valence-electron chi connectivity index (χ1n) is 3.97. The van der Waals surface area contributed by atoms with E-state index in [0.717, 1.165) is 6.07 Å². The molecule has 7 heteroatoms. The fraction of sp³-hybridized carbons (Fsp3) is 0.111. The molecule has 1 amide bonds. The molecule has 0 aliphatic carbocycles. The first-order valence-corrected chi connectivity index (χ1v) is 5.14. The van der Waals surface area contributed by atoms with Crippen molar-refractivity contribution < 1.29 is 13.6 Å². The number of hydrogen-bond acceptors (Lipinski definition) is 2. The third-order valence-corrected chi connectivity index (χ3v) is 2.66. The molecule has 1 aromatic rings. The van der Waals surface area contributed by atoms with Crippen molar-refractivity contribution in [3.8, 4) is 6.07 Å². The quantitative estimate of drug-likeness (QED) is 0.673. The lowest BCUT2D eigenvalue weighted by atomic mass is 10.3. The second kappa shape index (κ2) is 5.23. The van der Waals surface area contributed by atoms with Gasteiger partial charge in [-0.05, 0) is 22.0 Å². The van der Waals surface area contributed by atoms with Gasteiger partial charge in [0.1, 0.15) is 6.42 Å². The van der Waals surface area contributed by atoms with Gasteiger partial charge in [0, 0.05) is 0 Å². The summed E-state index contributed by atoms with van der Waals surface area (Å²) in [5.41, 5.74) is -0.0965. The van der Waals surface area contributed by atoms with Crippen LogP contribution in [0.4, 0.5) is 14.5 Å². The lowest BCUT2D eigenvalue weighted by Gasteiger charge is -2.09. The molecule has 84 valence electrons. The molecule has 0 bridgehead atoms. The van der Waals surface area contributed by atoms with Crippen molar-refractivity contribution in [1.82, 2.24) is 0 Å². The van der Waals surface area contributed by atoms with Crippen LogP contribution >= 0.6 is 27.5 Å². The first-order chi connectivity index (χ1) is 7.47. The minimum Gasteiger partial charge on any atom is -0.323 e. The van der Waals surface area contributed by atoms with Crippen molar-refractivity contribution in [3.63, 3.8) is 0 Å². The average Bonchev–Trinajstić information content (AvgIpc) is 2.22. The van der Waals surface area contributed by atoms with Crippen LogP contribution in [-0.4, -0.2) is 5.91 Å². The molecule has 0 spiro atoms. The summed E-state index contributed by atoms with van der Waals surface area (Å²) >= 11 is 8.38. The van der Waals surface area contributed by atoms with Gasteiger partial charge in [-0.1, -0.05) is 11.6 Å². The van der Waals surface area contributed by atoms with Gasteiger partial charge in [-0.3, -0.25) is 4.79 Å². The van der Waals surface area contributed by atoms with Gasteiger partial charge in [0.25, 0.3) is 0 Å². The van der Waals surface area contributed by atoms with Crippen LogP contribution in [0.5, 0.6) is 0 Å². The fourth-order valence-electron chi connectivity index (χ4n) is 0.936. The van der Waals surface area contributed by atoms with Gasteiger partial charge in [0.05, 0.1) is 21.3 Å². The highest BCUT2D eigenvalue weighted by molar-refractivity contribution is 9.10. The first kappa shape index (κ1) is 12.9. The molecule has 0 unspecified atom stereocenters. The molecule has 16 heavy (non-hydrogen) atoms. The van der Waals surface area contributed by atoms with Crippen molar-refractivity contribution in [1.29, 1.82) is 5.26 Å². The second-order valence-electron chi connectivity index (χ2n) is 2.73. The van der Waals surface area contributed by atoms with E-state index in [1.807, 2.05) is 0 Å². The molecule has 1 N–H and O–H groups in total. The van der Waals surface area contributed by atoms with Crippen molar-refractivity contribution in [3.05, 3.63) is 27.2 Å². The van der Waals surface area contributed by atoms with Crippen molar-refractivity contribution in [2.24, 2.45) is 0 Å².